The number of rotatable bonds is 6. The molecule has 6 heterocycles. The average molecular weight is 667 g/mol. The first-order valence-corrected chi connectivity index (χ1v) is 16.6. The van der Waals surface area contributed by atoms with Gasteiger partial charge < -0.3 is 29.2 Å². The van der Waals surface area contributed by atoms with Crippen LogP contribution in [-0.4, -0.2) is 70.8 Å². The Balaban J connectivity index is 1.32. The number of H-pyrrole nitrogens is 1. The summed E-state index contributed by atoms with van der Waals surface area (Å²) in [5.41, 5.74) is 4.06. The summed E-state index contributed by atoms with van der Waals surface area (Å²) in [6.07, 6.45) is 9.62. The van der Waals surface area contributed by atoms with Crippen LogP contribution in [0.1, 0.15) is 36.0 Å². The summed E-state index contributed by atoms with van der Waals surface area (Å²) >= 11 is 7.44. The fraction of sp³-hybridized carbons (Fsp3) is 0.361. The smallest absolute Gasteiger partial charge is 0.319 e. The third-order valence-electron chi connectivity index (χ3n) is 10.1. The molecule has 2 unspecified atom stereocenters. The molecule has 48 heavy (non-hydrogen) atoms. The van der Waals surface area contributed by atoms with Crippen molar-refractivity contribution in [2.75, 3.05) is 31.3 Å². The Morgan fingerprint density at radius 3 is 2.81 bits per heavy atom. The third kappa shape index (κ3) is 4.65. The van der Waals surface area contributed by atoms with Gasteiger partial charge in [-0.25, -0.2) is 4.39 Å². The van der Waals surface area contributed by atoms with Gasteiger partial charge in [-0.3, -0.25) is 5.10 Å². The number of ether oxygens (including phenoxy) is 4. The van der Waals surface area contributed by atoms with Gasteiger partial charge in [-0.15, -0.1) is 6.42 Å². The number of terminal acetylenes is 1. The first-order chi connectivity index (χ1) is 23.5. The zero-order chi connectivity index (χ0) is 32.5. The molecule has 4 aliphatic rings. The number of hydrogen-bond donors (Lipinski definition) is 2. The topological polar surface area (TPSA) is 107 Å². The molecule has 5 aromatic rings. The maximum absolute atomic E-state index is 15.6. The van der Waals surface area contributed by atoms with Crippen LogP contribution < -0.4 is 24.4 Å². The van der Waals surface area contributed by atoms with E-state index in [1.54, 1.807) is 13.1 Å². The quantitative estimate of drug-likeness (QED) is 0.221. The highest BCUT2D eigenvalue weighted by Gasteiger charge is 2.49. The normalized spacial score (nSPS) is 21.6. The molecule has 2 bridgehead atoms. The fourth-order valence-corrected chi connectivity index (χ4v) is 8.00. The number of hydrogen-bond acceptors (Lipinski definition) is 9. The van der Waals surface area contributed by atoms with Crippen LogP contribution in [0, 0.1) is 25.1 Å². The van der Waals surface area contributed by atoms with E-state index in [0.29, 0.717) is 80.7 Å². The number of aromatic nitrogens is 4. The van der Waals surface area contributed by atoms with Crippen molar-refractivity contribution in [1.29, 1.82) is 0 Å². The third-order valence-corrected chi connectivity index (χ3v) is 10.5. The van der Waals surface area contributed by atoms with Crippen molar-refractivity contribution in [3.63, 3.8) is 0 Å². The Labute approximate surface area is 280 Å². The van der Waals surface area contributed by atoms with Crippen LogP contribution in [0.3, 0.4) is 0 Å². The number of fused-ring (bicyclic) bond motifs is 7. The molecule has 244 valence electrons. The van der Waals surface area contributed by atoms with Crippen LogP contribution in [0.5, 0.6) is 17.5 Å². The first-order valence-electron chi connectivity index (χ1n) is 16.3. The highest BCUT2D eigenvalue weighted by Crippen LogP contribution is 2.55. The molecule has 0 spiro atoms. The molecule has 0 radical (unpaired) electrons. The van der Waals surface area contributed by atoms with Crippen LogP contribution in [-0.2, 0) is 11.3 Å². The summed E-state index contributed by atoms with van der Waals surface area (Å²) in [7, 11) is 0. The number of anilines is 1. The van der Waals surface area contributed by atoms with Gasteiger partial charge >= 0.3 is 6.01 Å². The molecule has 0 amide bonds. The van der Waals surface area contributed by atoms with Gasteiger partial charge in [-0.05, 0) is 42.7 Å². The van der Waals surface area contributed by atoms with Crippen LogP contribution in [0.2, 0.25) is 5.02 Å². The molecule has 2 aromatic heterocycles. The predicted octanol–water partition coefficient (Wildman–Crippen LogP) is 5.70. The Hall–Kier alpha value is -4.63. The van der Waals surface area contributed by atoms with Crippen LogP contribution >= 0.6 is 11.6 Å². The highest BCUT2D eigenvalue weighted by molar-refractivity contribution is 6.38. The number of nitrogens with one attached hydrogen (secondary N) is 2. The Kier molecular flexibility index (Phi) is 7.08. The van der Waals surface area contributed by atoms with Gasteiger partial charge in [-0.1, -0.05) is 29.7 Å². The first kappa shape index (κ1) is 29.5. The zero-order valence-corrected chi connectivity index (χ0v) is 26.9. The van der Waals surface area contributed by atoms with Crippen molar-refractivity contribution in [3.05, 3.63) is 64.1 Å². The van der Waals surface area contributed by atoms with Crippen molar-refractivity contribution in [2.24, 2.45) is 0 Å². The summed E-state index contributed by atoms with van der Waals surface area (Å²) in [6.45, 7) is 4.34. The number of benzene rings is 3. The molecule has 2 N–H and O–H groups in total. The number of piperazine rings is 1. The van der Waals surface area contributed by atoms with Crippen LogP contribution in [0.25, 0.3) is 32.9 Å². The number of halogens is 2. The monoisotopic (exact) mass is 666 g/mol. The largest absolute Gasteiger partial charge is 0.489 e. The number of nitrogens with zero attached hydrogens (tertiary/aromatic N) is 4. The van der Waals surface area contributed by atoms with Gasteiger partial charge in [0.25, 0.3) is 0 Å². The summed E-state index contributed by atoms with van der Waals surface area (Å²) in [5, 5.41) is 12.4. The van der Waals surface area contributed by atoms with Crippen molar-refractivity contribution in [1.82, 2.24) is 25.5 Å². The minimum atomic E-state index is -0.407. The molecule has 0 aliphatic carbocycles. The SMILES string of the molecule is C#Cc1ccc(COc2c(-c3c(C)c(F)cc4[nH]ncc34)c(Cl)c3c4c(nc(OC5CCOCC5)nc24)N2C4CN[C@@H](C4)C2CO3)cc1. The lowest BCUT2D eigenvalue weighted by Gasteiger charge is -2.35. The lowest BCUT2D eigenvalue weighted by Crippen LogP contribution is -2.53. The van der Waals surface area contributed by atoms with E-state index in [0.717, 1.165) is 36.9 Å². The Morgan fingerprint density at radius 2 is 2.00 bits per heavy atom. The van der Waals surface area contributed by atoms with E-state index in [1.807, 2.05) is 24.3 Å². The van der Waals surface area contributed by atoms with E-state index in [9.17, 15) is 0 Å². The van der Waals surface area contributed by atoms with Crippen molar-refractivity contribution >= 4 is 39.2 Å². The lowest BCUT2D eigenvalue weighted by atomic mass is 9.93. The molecular formula is C36H32ClFN6O4. The maximum Gasteiger partial charge on any atom is 0.319 e. The molecule has 10 nitrogen and oxygen atoms in total. The van der Waals surface area contributed by atoms with E-state index < -0.39 is 5.82 Å². The minimum Gasteiger partial charge on any atom is -0.489 e. The van der Waals surface area contributed by atoms with E-state index in [4.69, 9.17) is 46.9 Å². The minimum absolute atomic E-state index is 0.0280. The van der Waals surface area contributed by atoms with Crippen molar-refractivity contribution in [3.8, 4) is 41.0 Å². The van der Waals surface area contributed by atoms with E-state index in [2.05, 4.69) is 26.3 Å². The molecule has 3 aromatic carbocycles. The molecule has 3 saturated heterocycles. The zero-order valence-electron chi connectivity index (χ0n) is 26.2. The summed E-state index contributed by atoms with van der Waals surface area (Å²) < 4.78 is 41.1. The molecule has 0 saturated carbocycles. The summed E-state index contributed by atoms with van der Waals surface area (Å²) in [6, 6.07) is 9.75. The van der Waals surface area contributed by atoms with Gasteiger partial charge in [0.2, 0.25) is 0 Å². The van der Waals surface area contributed by atoms with Gasteiger partial charge in [0.05, 0.1) is 41.4 Å². The second kappa shape index (κ2) is 11.5. The second-order valence-electron chi connectivity index (χ2n) is 12.8. The highest BCUT2D eigenvalue weighted by atomic mass is 35.5. The maximum atomic E-state index is 15.6. The molecule has 9 rings (SSSR count). The predicted molar refractivity (Wildman–Crippen MR) is 179 cm³/mol. The molecule has 3 atom stereocenters. The molecular weight excluding hydrogens is 635 g/mol. The summed E-state index contributed by atoms with van der Waals surface area (Å²) in [5.74, 6) is 3.76. The Morgan fingerprint density at radius 1 is 1.17 bits per heavy atom. The van der Waals surface area contributed by atoms with Gasteiger partial charge in [-0.2, -0.15) is 15.1 Å². The van der Waals surface area contributed by atoms with Crippen molar-refractivity contribution < 1.29 is 23.3 Å². The number of aromatic amines is 1. The van der Waals surface area contributed by atoms with Crippen molar-refractivity contribution in [2.45, 2.75) is 57.0 Å². The van der Waals surface area contributed by atoms with E-state index in [1.165, 1.54) is 6.07 Å². The molecule has 12 heteroatoms. The van der Waals surface area contributed by atoms with Gasteiger partial charge in [0, 0.05) is 53.5 Å². The second-order valence-corrected chi connectivity index (χ2v) is 13.2. The Bertz CT molecular complexity index is 2130. The van der Waals surface area contributed by atoms with Crippen LogP contribution in [0.4, 0.5) is 10.2 Å². The summed E-state index contributed by atoms with van der Waals surface area (Å²) in [4.78, 5) is 12.5. The fourth-order valence-electron chi connectivity index (χ4n) is 7.67. The standard InChI is InChI=1S/C36H32ClFN6O4/c1-3-19-4-6-20(7-5-19)16-46-34-29(28-18(2)24(38)13-25-23(28)15-40-43-25)31(37)33-30-32(34)41-36(48-22-8-10-45-11-9-22)42-35(30)44-21-12-26(39-14-21)27(44)17-47-33/h1,4-7,13,15,21-22,26-27,39H,8-12,14,16-17H2,2H3,(H,40,43)/t21?,26-,27?/m0/s1. The van der Waals surface area contributed by atoms with Crippen LogP contribution in [0.15, 0.2) is 36.5 Å². The lowest BCUT2D eigenvalue weighted by molar-refractivity contribution is 0.0219. The average Bonchev–Trinajstić information content (AvgIpc) is 3.83. The van der Waals surface area contributed by atoms with Gasteiger partial charge in [0.1, 0.15) is 36.5 Å². The van der Waals surface area contributed by atoms with E-state index >= 15 is 4.39 Å². The van der Waals surface area contributed by atoms with E-state index in [-0.39, 0.29) is 36.8 Å². The molecule has 3 fully saturated rings. The van der Waals surface area contributed by atoms with Gasteiger partial charge in [0.15, 0.2) is 11.5 Å². The molecule has 4 aliphatic heterocycles.